The molecule has 1 atom stereocenters. The molecule has 1 unspecified atom stereocenters. The number of carboxylic acid groups (broad SMARTS) is 4. The van der Waals surface area contributed by atoms with E-state index in [2.05, 4.69) is 0 Å². The van der Waals surface area contributed by atoms with Crippen molar-refractivity contribution in [3.63, 3.8) is 0 Å². The van der Waals surface area contributed by atoms with Crippen molar-refractivity contribution in [2.75, 3.05) is 0 Å². The average molecular weight is 274 g/mol. The average Bonchev–Trinajstić information content (AvgIpc) is 2.26. The van der Waals surface area contributed by atoms with Crippen molar-refractivity contribution in [3.05, 3.63) is 0 Å². The van der Waals surface area contributed by atoms with E-state index >= 15 is 0 Å². The van der Waals surface area contributed by atoms with Gasteiger partial charge in [-0.3, -0.25) is 19.2 Å². The van der Waals surface area contributed by atoms with Crippen LogP contribution in [0.1, 0.15) is 26.2 Å². The molecule has 0 aromatic rings. The summed E-state index contributed by atoms with van der Waals surface area (Å²) in [6.07, 6.45) is -0.246. The van der Waals surface area contributed by atoms with Crippen LogP contribution in [0.3, 0.4) is 0 Å². The van der Waals surface area contributed by atoms with Crippen LogP contribution >= 0.6 is 0 Å². The number of hydrogen-bond acceptors (Lipinski definition) is 4. The molecule has 1 aliphatic carbocycles. The van der Waals surface area contributed by atoms with Crippen LogP contribution in [0.2, 0.25) is 0 Å². The van der Waals surface area contributed by atoms with E-state index in [1.54, 1.807) is 0 Å². The van der Waals surface area contributed by atoms with Crippen molar-refractivity contribution in [2.45, 2.75) is 26.2 Å². The normalized spacial score (nSPS) is 24.4. The van der Waals surface area contributed by atoms with Gasteiger partial charge in [-0.2, -0.15) is 0 Å². The van der Waals surface area contributed by atoms with Gasteiger partial charge in [-0.15, -0.1) is 0 Å². The predicted molar refractivity (Wildman–Crippen MR) is 58.4 cm³/mol. The van der Waals surface area contributed by atoms with E-state index in [0.717, 1.165) is 0 Å². The fourth-order valence-corrected chi connectivity index (χ4v) is 3.03. The van der Waals surface area contributed by atoms with Crippen LogP contribution in [0.25, 0.3) is 0 Å². The van der Waals surface area contributed by atoms with Gasteiger partial charge < -0.3 is 20.4 Å². The molecule has 4 N–H and O–H groups in total. The summed E-state index contributed by atoms with van der Waals surface area (Å²) in [5.41, 5.74) is -5.73. The Balaban J connectivity index is 3.74. The van der Waals surface area contributed by atoms with Crippen LogP contribution in [0.5, 0.6) is 0 Å². The number of carboxylic acids is 4. The van der Waals surface area contributed by atoms with Gasteiger partial charge in [0, 0.05) is 0 Å². The van der Waals surface area contributed by atoms with Gasteiger partial charge in [-0.05, 0) is 18.8 Å². The molecular weight excluding hydrogens is 260 g/mol. The molecule has 0 aromatic carbocycles. The van der Waals surface area contributed by atoms with Crippen molar-refractivity contribution in [2.24, 2.45) is 16.7 Å². The van der Waals surface area contributed by atoms with Crippen molar-refractivity contribution >= 4 is 23.9 Å². The highest BCUT2D eigenvalue weighted by Gasteiger charge is 2.74. The van der Waals surface area contributed by atoms with E-state index in [1.807, 2.05) is 0 Å². The van der Waals surface area contributed by atoms with Gasteiger partial charge in [0.15, 0.2) is 10.8 Å². The zero-order chi connectivity index (χ0) is 15.0. The second-order valence-electron chi connectivity index (χ2n) is 4.73. The van der Waals surface area contributed by atoms with Crippen LogP contribution < -0.4 is 0 Å². The summed E-state index contributed by atoms with van der Waals surface area (Å²) in [7, 11) is 0. The number of carbonyl (C=O) groups is 4. The molecule has 0 heterocycles. The number of aliphatic carboxylic acids is 4. The summed E-state index contributed by atoms with van der Waals surface area (Å²) in [6, 6.07) is 0. The monoisotopic (exact) mass is 274 g/mol. The summed E-state index contributed by atoms with van der Waals surface area (Å²) in [4.78, 5) is 45.7. The van der Waals surface area contributed by atoms with Gasteiger partial charge in [-0.1, -0.05) is 13.3 Å². The molecule has 0 saturated heterocycles. The zero-order valence-corrected chi connectivity index (χ0v) is 10.1. The molecular formula is C11H14O8. The van der Waals surface area contributed by atoms with Gasteiger partial charge >= 0.3 is 23.9 Å². The molecule has 106 valence electrons. The minimum absolute atomic E-state index is 0.140. The maximum absolute atomic E-state index is 11.4. The van der Waals surface area contributed by atoms with E-state index in [9.17, 15) is 39.6 Å². The van der Waals surface area contributed by atoms with Crippen molar-refractivity contribution < 1.29 is 39.6 Å². The van der Waals surface area contributed by atoms with Crippen molar-refractivity contribution in [1.82, 2.24) is 0 Å². The summed E-state index contributed by atoms with van der Waals surface area (Å²) in [5, 5.41) is 36.9. The van der Waals surface area contributed by atoms with Crippen molar-refractivity contribution in [1.29, 1.82) is 0 Å². The molecule has 0 amide bonds. The minimum atomic E-state index is -2.87. The van der Waals surface area contributed by atoms with Crippen LogP contribution in [0, 0.1) is 16.7 Å². The first-order valence-electron chi connectivity index (χ1n) is 5.59. The standard InChI is InChI=1S/C11H14O8/c1-5-3-2-4-10(6(12)13,7(14)15)11(5,8(16)17)9(18)19/h5H,2-4H2,1H3,(H,12,13)(H,14,15)(H,16,17)(H,18,19). The van der Waals surface area contributed by atoms with Gasteiger partial charge in [0.05, 0.1) is 0 Å². The van der Waals surface area contributed by atoms with Crippen LogP contribution in [0.4, 0.5) is 0 Å². The molecule has 8 nitrogen and oxygen atoms in total. The summed E-state index contributed by atoms with van der Waals surface area (Å²) in [6.45, 7) is 1.25. The third kappa shape index (κ3) is 1.59. The van der Waals surface area contributed by atoms with Gasteiger partial charge in [-0.25, -0.2) is 0 Å². The second-order valence-corrected chi connectivity index (χ2v) is 4.73. The molecule has 1 fully saturated rings. The van der Waals surface area contributed by atoms with Gasteiger partial charge in [0.1, 0.15) is 0 Å². The fourth-order valence-electron chi connectivity index (χ4n) is 3.03. The van der Waals surface area contributed by atoms with Crippen LogP contribution in [-0.2, 0) is 19.2 Å². The van der Waals surface area contributed by atoms with E-state index in [4.69, 9.17) is 0 Å². The Bertz CT molecular complexity index is 424. The SMILES string of the molecule is CC1CCCC(C(=O)O)(C(=O)O)C1(C(=O)O)C(=O)O. The topological polar surface area (TPSA) is 149 Å². The molecule has 1 rings (SSSR count). The van der Waals surface area contributed by atoms with E-state index in [0.29, 0.717) is 0 Å². The Morgan fingerprint density at radius 3 is 1.58 bits per heavy atom. The first kappa shape index (κ1) is 14.9. The van der Waals surface area contributed by atoms with E-state index in [1.165, 1.54) is 6.92 Å². The Morgan fingerprint density at radius 1 is 0.895 bits per heavy atom. The predicted octanol–water partition coefficient (Wildman–Crippen LogP) is 0.118. The third-order valence-electron chi connectivity index (χ3n) is 4.01. The fraction of sp³-hybridized carbons (Fsp3) is 0.636. The molecule has 0 spiro atoms. The molecule has 19 heavy (non-hydrogen) atoms. The molecule has 0 aromatic heterocycles. The second kappa shape index (κ2) is 4.52. The maximum atomic E-state index is 11.4. The lowest BCUT2D eigenvalue weighted by Gasteiger charge is -2.45. The smallest absolute Gasteiger partial charge is 0.323 e. The molecule has 0 bridgehead atoms. The quantitative estimate of drug-likeness (QED) is 0.528. The maximum Gasteiger partial charge on any atom is 0.323 e. The molecule has 0 radical (unpaired) electrons. The highest BCUT2D eigenvalue weighted by atomic mass is 16.4. The van der Waals surface area contributed by atoms with Gasteiger partial charge in [0.25, 0.3) is 0 Å². The Labute approximate surface area is 107 Å². The third-order valence-corrected chi connectivity index (χ3v) is 4.01. The number of hydrogen-bond donors (Lipinski definition) is 4. The van der Waals surface area contributed by atoms with E-state index in [-0.39, 0.29) is 12.8 Å². The zero-order valence-electron chi connectivity index (χ0n) is 10.1. The lowest BCUT2D eigenvalue weighted by molar-refractivity contribution is -0.206. The molecule has 1 aliphatic rings. The first-order chi connectivity index (χ1) is 8.65. The Hall–Kier alpha value is -2.12. The molecule has 8 heteroatoms. The molecule has 0 aliphatic heterocycles. The van der Waals surface area contributed by atoms with Gasteiger partial charge in [0.2, 0.25) is 0 Å². The highest BCUT2D eigenvalue weighted by Crippen LogP contribution is 2.54. The summed E-state index contributed by atoms with van der Waals surface area (Å²) >= 11 is 0. The van der Waals surface area contributed by atoms with Crippen molar-refractivity contribution in [3.8, 4) is 0 Å². The first-order valence-corrected chi connectivity index (χ1v) is 5.59. The summed E-state index contributed by atoms with van der Waals surface area (Å²) < 4.78 is 0. The highest BCUT2D eigenvalue weighted by molar-refractivity contribution is 6.13. The Kier molecular flexibility index (Phi) is 3.56. The van der Waals surface area contributed by atoms with Crippen LogP contribution in [-0.4, -0.2) is 44.3 Å². The summed E-state index contributed by atoms with van der Waals surface area (Å²) in [5.74, 6) is -8.84. The van der Waals surface area contributed by atoms with E-state index < -0.39 is 47.0 Å². The lowest BCUT2D eigenvalue weighted by Crippen LogP contribution is -2.65. The largest absolute Gasteiger partial charge is 0.480 e. The lowest BCUT2D eigenvalue weighted by atomic mass is 9.51. The number of rotatable bonds is 4. The minimum Gasteiger partial charge on any atom is -0.480 e. The molecule has 1 saturated carbocycles. The Morgan fingerprint density at radius 2 is 1.32 bits per heavy atom. The van der Waals surface area contributed by atoms with Crippen LogP contribution in [0.15, 0.2) is 0 Å².